The van der Waals surface area contributed by atoms with Crippen LogP contribution in [0.3, 0.4) is 0 Å². The predicted molar refractivity (Wildman–Crippen MR) is 105 cm³/mol. The van der Waals surface area contributed by atoms with Crippen LogP contribution in [0.25, 0.3) is 0 Å². The molecule has 1 N–H and O–H groups in total. The molecule has 0 saturated heterocycles. The Kier molecular flexibility index (Phi) is 6.81. The van der Waals surface area contributed by atoms with Crippen LogP contribution in [0.5, 0.6) is 11.5 Å². The van der Waals surface area contributed by atoms with E-state index in [-0.39, 0.29) is 5.91 Å². The summed E-state index contributed by atoms with van der Waals surface area (Å²) in [7, 11) is 0. The molecule has 138 valence electrons. The number of amides is 1. The van der Waals surface area contributed by atoms with E-state index in [4.69, 9.17) is 9.47 Å². The van der Waals surface area contributed by atoms with Crippen LogP contribution < -0.4 is 14.8 Å². The number of anilines is 1. The van der Waals surface area contributed by atoms with Gasteiger partial charge in [-0.1, -0.05) is 48.5 Å². The molecule has 0 aliphatic carbocycles. The van der Waals surface area contributed by atoms with Gasteiger partial charge in [-0.2, -0.15) is 0 Å². The van der Waals surface area contributed by atoms with E-state index in [0.717, 1.165) is 11.3 Å². The standard InChI is InChI=1S/C22H22N2O3/c25-21(14-8-16-26-19-11-5-2-6-12-19)24-22-20(13-7-15-23-22)27-17-18-9-3-1-4-10-18/h1-7,9-13,15H,8,14,16-17H2,(H,23,24,25). The largest absolute Gasteiger partial charge is 0.494 e. The molecule has 0 spiro atoms. The van der Waals surface area contributed by atoms with Crippen LogP contribution in [-0.4, -0.2) is 17.5 Å². The molecular formula is C22H22N2O3. The van der Waals surface area contributed by atoms with Crippen molar-refractivity contribution in [2.75, 3.05) is 11.9 Å². The van der Waals surface area contributed by atoms with Crippen LogP contribution in [-0.2, 0) is 11.4 Å². The van der Waals surface area contributed by atoms with Crippen LogP contribution in [0, 0.1) is 0 Å². The summed E-state index contributed by atoms with van der Waals surface area (Å²) in [5, 5.41) is 2.81. The van der Waals surface area contributed by atoms with Gasteiger partial charge in [0.05, 0.1) is 6.61 Å². The monoisotopic (exact) mass is 362 g/mol. The molecule has 0 atom stereocenters. The Balaban J connectivity index is 1.46. The number of hydrogen-bond acceptors (Lipinski definition) is 4. The molecule has 0 aliphatic rings. The van der Waals surface area contributed by atoms with E-state index in [2.05, 4.69) is 10.3 Å². The van der Waals surface area contributed by atoms with Crippen molar-refractivity contribution in [2.24, 2.45) is 0 Å². The van der Waals surface area contributed by atoms with E-state index in [1.165, 1.54) is 0 Å². The third-order valence-electron chi connectivity index (χ3n) is 3.83. The highest BCUT2D eigenvalue weighted by atomic mass is 16.5. The fourth-order valence-electron chi connectivity index (χ4n) is 2.47. The normalized spacial score (nSPS) is 10.2. The number of carbonyl (C=O) groups excluding carboxylic acids is 1. The minimum absolute atomic E-state index is 0.116. The number of ether oxygens (including phenoxy) is 2. The highest BCUT2D eigenvalue weighted by Gasteiger charge is 2.09. The second kappa shape index (κ2) is 9.97. The average Bonchev–Trinajstić information content (AvgIpc) is 2.72. The topological polar surface area (TPSA) is 60.5 Å². The first kappa shape index (κ1) is 18.5. The molecule has 0 aliphatic heterocycles. The second-order valence-corrected chi connectivity index (χ2v) is 5.94. The fraction of sp³-hybridized carbons (Fsp3) is 0.182. The Morgan fingerprint density at radius 1 is 0.889 bits per heavy atom. The summed E-state index contributed by atoms with van der Waals surface area (Å²) in [6.45, 7) is 0.900. The van der Waals surface area contributed by atoms with Gasteiger partial charge in [0.25, 0.3) is 0 Å². The molecule has 5 nitrogen and oxygen atoms in total. The summed E-state index contributed by atoms with van der Waals surface area (Å²) in [6.07, 6.45) is 2.60. The number of rotatable bonds is 9. The van der Waals surface area contributed by atoms with E-state index in [0.29, 0.717) is 37.6 Å². The number of pyridine rings is 1. The number of carbonyl (C=O) groups is 1. The van der Waals surface area contributed by atoms with Crippen LogP contribution in [0.4, 0.5) is 5.82 Å². The third kappa shape index (κ3) is 6.15. The number of nitrogens with zero attached hydrogens (tertiary/aromatic N) is 1. The first-order valence-electron chi connectivity index (χ1n) is 8.91. The minimum Gasteiger partial charge on any atom is -0.494 e. The second-order valence-electron chi connectivity index (χ2n) is 5.94. The number of aromatic nitrogens is 1. The number of hydrogen-bond donors (Lipinski definition) is 1. The Morgan fingerprint density at radius 2 is 1.63 bits per heavy atom. The van der Waals surface area contributed by atoms with Crippen LogP contribution in [0.1, 0.15) is 18.4 Å². The van der Waals surface area contributed by atoms with Gasteiger partial charge in [0, 0.05) is 12.6 Å². The van der Waals surface area contributed by atoms with Gasteiger partial charge in [-0.25, -0.2) is 4.98 Å². The molecule has 2 aromatic carbocycles. The smallest absolute Gasteiger partial charge is 0.225 e. The van der Waals surface area contributed by atoms with Crippen molar-refractivity contribution in [1.29, 1.82) is 0 Å². The summed E-state index contributed by atoms with van der Waals surface area (Å²) in [4.78, 5) is 16.4. The minimum atomic E-state index is -0.116. The van der Waals surface area contributed by atoms with Crippen molar-refractivity contribution >= 4 is 11.7 Å². The van der Waals surface area contributed by atoms with Crippen LogP contribution >= 0.6 is 0 Å². The molecule has 5 heteroatoms. The summed E-state index contributed by atoms with van der Waals surface area (Å²) < 4.78 is 11.4. The number of nitrogens with one attached hydrogen (secondary N) is 1. The van der Waals surface area contributed by atoms with Crippen LogP contribution in [0.2, 0.25) is 0 Å². The van der Waals surface area contributed by atoms with Gasteiger partial charge in [0.15, 0.2) is 11.6 Å². The quantitative estimate of drug-likeness (QED) is 0.571. The maximum Gasteiger partial charge on any atom is 0.225 e. The van der Waals surface area contributed by atoms with Crippen molar-refractivity contribution in [3.05, 3.63) is 84.6 Å². The van der Waals surface area contributed by atoms with Gasteiger partial charge in [0.1, 0.15) is 12.4 Å². The SMILES string of the molecule is O=C(CCCOc1ccccc1)Nc1ncccc1OCc1ccccc1. The molecule has 3 rings (SSSR count). The van der Waals surface area contributed by atoms with E-state index >= 15 is 0 Å². The summed E-state index contributed by atoms with van der Waals surface area (Å²) in [5.41, 5.74) is 1.05. The zero-order valence-electron chi connectivity index (χ0n) is 15.0. The van der Waals surface area contributed by atoms with Gasteiger partial charge in [0.2, 0.25) is 5.91 Å². The Labute approximate surface area is 159 Å². The lowest BCUT2D eigenvalue weighted by molar-refractivity contribution is -0.116. The highest BCUT2D eigenvalue weighted by Crippen LogP contribution is 2.22. The van der Waals surface area contributed by atoms with E-state index in [1.54, 1.807) is 18.3 Å². The predicted octanol–water partition coefficient (Wildman–Crippen LogP) is 4.46. The maximum absolute atomic E-state index is 12.2. The van der Waals surface area contributed by atoms with Gasteiger partial charge >= 0.3 is 0 Å². The third-order valence-corrected chi connectivity index (χ3v) is 3.83. The molecule has 0 radical (unpaired) electrons. The summed E-state index contributed by atoms with van der Waals surface area (Å²) in [6, 6.07) is 23.0. The van der Waals surface area contributed by atoms with Crippen molar-refractivity contribution in [3.8, 4) is 11.5 Å². The number of benzene rings is 2. The van der Waals surface area contributed by atoms with Gasteiger partial charge in [-0.15, -0.1) is 0 Å². The molecule has 0 bridgehead atoms. The summed E-state index contributed by atoms with van der Waals surface area (Å²) in [5.74, 6) is 1.67. The lowest BCUT2D eigenvalue weighted by atomic mass is 10.2. The first-order chi connectivity index (χ1) is 13.3. The molecule has 0 saturated carbocycles. The van der Waals surface area contributed by atoms with Gasteiger partial charge in [-0.3, -0.25) is 4.79 Å². The molecular weight excluding hydrogens is 340 g/mol. The van der Waals surface area contributed by atoms with Crippen LogP contribution in [0.15, 0.2) is 79.0 Å². The van der Waals surface area contributed by atoms with E-state index in [9.17, 15) is 4.79 Å². The van der Waals surface area contributed by atoms with E-state index in [1.807, 2.05) is 60.7 Å². The fourth-order valence-corrected chi connectivity index (χ4v) is 2.47. The highest BCUT2D eigenvalue weighted by molar-refractivity contribution is 5.91. The molecule has 27 heavy (non-hydrogen) atoms. The molecule has 1 amide bonds. The average molecular weight is 362 g/mol. The lowest BCUT2D eigenvalue weighted by Gasteiger charge is -2.11. The first-order valence-corrected chi connectivity index (χ1v) is 8.91. The zero-order chi connectivity index (χ0) is 18.7. The van der Waals surface area contributed by atoms with Crippen molar-refractivity contribution < 1.29 is 14.3 Å². The maximum atomic E-state index is 12.2. The molecule has 0 unspecified atom stereocenters. The van der Waals surface area contributed by atoms with E-state index < -0.39 is 0 Å². The number of para-hydroxylation sites is 1. The summed E-state index contributed by atoms with van der Waals surface area (Å²) >= 11 is 0. The Hall–Kier alpha value is -3.34. The van der Waals surface area contributed by atoms with Gasteiger partial charge in [-0.05, 0) is 36.2 Å². The van der Waals surface area contributed by atoms with Crippen molar-refractivity contribution in [2.45, 2.75) is 19.4 Å². The zero-order valence-corrected chi connectivity index (χ0v) is 15.0. The van der Waals surface area contributed by atoms with Crippen molar-refractivity contribution in [1.82, 2.24) is 4.98 Å². The lowest BCUT2D eigenvalue weighted by Crippen LogP contribution is -2.14. The molecule has 0 fully saturated rings. The van der Waals surface area contributed by atoms with Gasteiger partial charge < -0.3 is 14.8 Å². The molecule has 1 heterocycles. The molecule has 3 aromatic rings. The molecule has 1 aromatic heterocycles. The Morgan fingerprint density at radius 3 is 2.41 bits per heavy atom. The Bertz CT molecular complexity index is 838. The van der Waals surface area contributed by atoms with Crippen molar-refractivity contribution in [3.63, 3.8) is 0 Å².